The number of hydrogen-bond donors (Lipinski definition) is 2. The molecule has 1 fully saturated rings. The Bertz CT molecular complexity index is 425. The molecule has 1 aliphatic rings. The van der Waals surface area contributed by atoms with Crippen LogP contribution in [0.25, 0.3) is 0 Å². The zero-order valence-electron chi connectivity index (χ0n) is 8.03. The van der Waals surface area contributed by atoms with Crippen LogP contribution in [0.2, 0.25) is 0 Å². The molecule has 0 unspecified atom stereocenters. The Morgan fingerprint density at radius 1 is 1.60 bits per heavy atom. The molecule has 1 aromatic rings. The van der Waals surface area contributed by atoms with Gasteiger partial charge in [0, 0.05) is 12.4 Å². The zero-order chi connectivity index (χ0) is 10.9. The number of nitrogens with one attached hydrogen (secondary N) is 2. The van der Waals surface area contributed by atoms with Crippen molar-refractivity contribution in [2.45, 2.75) is 17.9 Å². The van der Waals surface area contributed by atoms with Gasteiger partial charge in [-0.05, 0) is 18.3 Å². The smallest absolute Gasteiger partial charge is 0.257 e. The number of hydrogen-bond acceptors (Lipinski definition) is 3. The molecule has 0 amide bonds. The van der Waals surface area contributed by atoms with Crippen molar-refractivity contribution in [3.05, 3.63) is 12.5 Å². The van der Waals surface area contributed by atoms with E-state index in [0.717, 1.165) is 12.8 Å². The first-order chi connectivity index (χ1) is 7.08. The number of sulfonamides is 1. The third kappa shape index (κ3) is 2.32. The van der Waals surface area contributed by atoms with Crippen LogP contribution < -0.4 is 4.72 Å². The van der Waals surface area contributed by atoms with Gasteiger partial charge in [-0.1, -0.05) is 0 Å². The van der Waals surface area contributed by atoms with Crippen molar-refractivity contribution in [3.8, 4) is 0 Å². The molecule has 15 heavy (non-hydrogen) atoms. The lowest BCUT2D eigenvalue weighted by molar-refractivity contribution is 0.533. The van der Waals surface area contributed by atoms with Gasteiger partial charge >= 0.3 is 0 Å². The van der Waals surface area contributed by atoms with Crippen LogP contribution in [-0.2, 0) is 10.0 Å². The van der Waals surface area contributed by atoms with E-state index < -0.39 is 10.0 Å². The number of imidazole rings is 1. The molecule has 84 valence electrons. The fourth-order valence-electron chi connectivity index (χ4n) is 1.25. The largest absolute Gasteiger partial charge is 0.335 e. The van der Waals surface area contributed by atoms with Crippen LogP contribution in [0.4, 0.5) is 0 Å². The molecule has 1 saturated carbocycles. The SMILES string of the molecule is O=S(=O)(NCC1(CCl)CC1)c1cnc[nH]1. The van der Waals surface area contributed by atoms with Crippen molar-refractivity contribution in [2.24, 2.45) is 5.41 Å². The monoisotopic (exact) mass is 249 g/mol. The van der Waals surface area contributed by atoms with Gasteiger partial charge in [-0.2, -0.15) is 0 Å². The summed E-state index contributed by atoms with van der Waals surface area (Å²) >= 11 is 5.75. The Balaban J connectivity index is 2.00. The zero-order valence-corrected chi connectivity index (χ0v) is 9.61. The number of halogens is 1. The quantitative estimate of drug-likeness (QED) is 0.755. The third-order valence-electron chi connectivity index (χ3n) is 2.64. The van der Waals surface area contributed by atoms with Gasteiger partial charge in [0.2, 0.25) is 0 Å². The van der Waals surface area contributed by atoms with Crippen molar-refractivity contribution in [2.75, 3.05) is 12.4 Å². The van der Waals surface area contributed by atoms with Crippen LogP contribution in [0.1, 0.15) is 12.8 Å². The Hall–Kier alpha value is -0.590. The molecular weight excluding hydrogens is 238 g/mol. The molecule has 0 bridgehead atoms. The summed E-state index contributed by atoms with van der Waals surface area (Å²) in [5.74, 6) is 0.499. The lowest BCUT2D eigenvalue weighted by atomic mass is 10.1. The maximum absolute atomic E-state index is 11.7. The predicted octanol–water partition coefficient (Wildman–Crippen LogP) is 0.707. The van der Waals surface area contributed by atoms with Crippen molar-refractivity contribution < 1.29 is 8.42 Å². The van der Waals surface area contributed by atoms with Crippen LogP contribution in [0.3, 0.4) is 0 Å². The topological polar surface area (TPSA) is 74.8 Å². The summed E-state index contributed by atoms with van der Waals surface area (Å²) in [7, 11) is -3.45. The van der Waals surface area contributed by atoms with E-state index in [1.165, 1.54) is 12.5 Å². The molecule has 1 aliphatic carbocycles. The molecule has 1 aromatic heterocycles. The number of aromatic amines is 1. The van der Waals surface area contributed by atoms with Gasteiger partial charge in [0.05, 0.1) is 12.5 Å². The number of rotatable bonds is 5. The molecule has 2 rings (SSSR count). The van der Waals surface area contributed by atoms with Crippen LogP contribution in [0.5, 0.6) is 0 Å². The molecule has 0 radical (unpaired) electrons. The first-order valence-corrected chi connectivity index (χ1v) is 6.64. The Kier molecular flexibility index (Phi) is 2.74. The van der Waals surface area contributed by atoms with Gasteiger partial charge in [0.1, 0.15) is 0 Å². The van der Waals surface area contributed by atoms with Crippen molar-refractivity contribution in [1.29, 1.82) is 0 Å². The second-order valence-electron chi connectivity index (χ2n) is 3.87. The highest BCUT2D eigenvalue weighted by atomic mass is 35.5. The average molecular weight is 250 g/mol. The minimum atomic E-state index is -3.45. The van der Waals surface area contributed by atoms with E-state index in [0.29, 0.717) is 12.4 Å². The van der Waals surface area contributed by atoms with Crippen molar-refractivity contribution in [3.63, 3.8) is 0 Å². The van der Waals surface area contributed by atoms with Crippen LogP contribution in [-0.4, -0.2) is 30.8 Å². The summed E-state index contributed by atoms with van der Waals surface area (Å²) in [4.78, 5) is 6.23. The molecular formula is C8H12ClN3O2S. The number of alkyl halides is 1. The van der Waals surface area contributed by atoms with Gasteiger partial charge < -0.3 is 4.98 Å². The molecule has 5 nitrogen and oxygen atoms in total. The lowest BCUT2D eigenvalue weighted by Crippen LogP contribution is -2.31. The van der Waals surface area contributed by atoms with Crippen molar-refractivity contribution in [1.82, 2.24) is 14.7 Å². The molecule has 1 heterocycles. The molecule has 0 saturated heterocycles. The van der Waals surface area contributed by atoms with Crippen LogP contribution >= 0.6 is 11.6 Å². The minimum Gasteiger partial charge on any atom is -0.335 e. The van der Waals surface area contributed by atoms with E-state index >= 15 is 0 Å². The average Bonchev–Trinajstić information content (AvgIpc) is 2.77. The third-order valence-corrected chi connectivity index (χ3v) is 4.53. The summed E-state index contributed by atoms with van der Waals surface area (Å²) in [5.41, 5.74) is -0.0192. The highest BCUT2D eigenvalue weighted by Crippen LogP contribution is 2.46. The van der Waals surface area contributed by atoms with Crippen LogP contribution in [0, 0.1) is 5.41 Å². The highest BCUT2D eigenvalue weighted by molar-refractivity contribution is 7.89. The van der Waals surface area contributed by atoms with Gasteiger partial charge in [-0.3, -0.25) is 0 Å². The van der Waals surface area contributed by atoms with Gasteiger partial charge in [0.15, 0.2) is 5.03 Å². The van der Waals surface area contributed by atoms with E-state index in [9.17, 15) is 8.42 Å². The molecule has 7 heteroatoms. The van der Waals surface area contributed by atoms with Crippen molar-refractivity contribution >= 4 is 21.6 Å². The minimum absolute atomic E-state index is 0.0192. The molecule has 0 spiro atoms. The Labute approximate surface area is 93.3 Å². The number of aromatic nitrogens is 2. The Morgan fingerprint density at radius 2 is 2.33 bits per heavy atom. The normalized spacial score (nSPS) is 19.0. The summed E-state index contributed by atoms with van der Waals surface area (Å²) in [5, 5.41) is 0.0906. The summed E-state index contributed by atoms with van der Waals surface area (Å²) in [6.45, 7) is 0.401. The van der Waals surface area contributed by atoms with E-state index in [1.54, 1.807) is 0 Å². The van der Waals surface area contributed by atoms with E-state index in [1.807, 2.05) is 0 Å². The molecule has 0 aromatic carbocycles. The van der Waals surface area contributed by atoms with Crippen LogP contribution in [0.15, 0.2) is 17.6 Å². The van der Waals surface area contributed by atoms with Gasteiger partial charge in [-0.25, -0.2) is 18.1 Å². The maximum Gasteiger partial charge on any atom is 0.257 e. The van der Waals surface area contributed by atoms with E-state index in [-0.39, 0.29) is 10.4 Å². The van der Waals surface area contributed by atoms with Gasteiger partial charge in [-0.15, -0.1) is 11.6 Å². The summed E-state index contributed by atoms with van der Waals surface area (Å²) in [6.07, 6.45) is 4.59. The summed E-state index contributed by atoms with van der Waals surface area (Å²) in [6, 6.07) is 0. The fourth-order valence-corrected chi connectivity index (χ4v) is 2.67. The standard InChI is InChI=1S/C8H12ClN3O2S/c9-4-8(1-2-8)5-12-15(13,14)7-3-10-6-11-7/h3,6,12H,1-2,4-5H2,(H,10,11). The second-order valence-corrected chi connectivity index (χ2v) is 5.88. The Morgan fingerprint density at radius 3 is 2.80 bits per heavy atom. The predicted molar refractivity (Wildman–Crippen MR) is 56.2 cm³/mol. The van der Waals surface area contributed by atoms with E-state index in [2.05, 4.69) is 14.7 Å². The molecule has 0 aliphatic heterocycles. The summed E-state index contributed by atoms with van der Waals surface area (Å²) < 4.78 is 25.8. The number of nitrogens with zero attached hydrogens (tertiary/aromatic N) is 1. The van der Waals surface area contributed by atoms with E-state index in [4.69, 9.17) is 11.6 Å². The fraction of sp³-hybridized carbons (Fsp3) is 0.625. The maximum atomic E-state index is 11.7. The first-order valence-electron chi connectivity index (χ1n) is 4.62. The first kappa shape index (κ1) is 10.9. The lowest BCUT2D eigenvalue weighted by Gasteiger charge is -2.11. The molecule has 2 N–H and O–H groups in total. The molecule has 0 atom stereocenters. The van der Waals surface area contributed by atoms with Gasteiger partial charge in [0.25, 0.3) is 10.0 Å². The highest BCUT2D eigenvalue weighted by Gasteiger charge is 2.42. The number of H-pyrrole nitrogens is 1. The second kappa shape index (κ2) is 3.77.